The Bertz CT molecular complexity index is 719. The molecule has 0 aliphatic rings. The van der Waals surface area contributed by atoms with Gasteiger partial charge in [0.2, 0.25) is 0 Å². The lowest BCUT2D eigenvalue weighted by molar-refractivity contribution is 0.459. The molecular weight excluding hydrogens is 309 g/mol. The third-order valence-corrected chi connectivity index (χ3v) is 3.60. The fraction of sp³-hybridized carbons (Fsp3) is 0.133. The maximum absolute atomic E-state index is 12.9. The molecule has 0 aliphatic heterocycles. The lowest BCUT2D eigenvalue weighted by Crippen LogP contribution is -1.83. The highest BCUT2D eigenvalue weighted by Crippen LogP contribution is 2.31. The van der Waals surface area contributed by atoms with E-state index in [0.29, 0.717) is 0 Å². The predicted molar refractivity (Wildman–Crippen MR) is 76.7 cm³/mol. The molecule has 1 aromatic heterocycles. The summed E-state index contributed by atoms with van der Waals surface area (Å²) in [4.78, 5) is 0.260. The summed E-state index contributed by atoms with van der Waals surface area (Å²) in [5, 5.41) is 5.02. The van der Waals surface area contributed by atoms with E-state index in [4.69, 9.17) is 4.52 Å². The number of benzene rings is 2. The van der Waals surface area contributed by atoms with Crippen LogP contribution in [-0.2, 0) is 0 Å². The van der Waals surface area contributed by atoms with Gasteiger partial charge in [-0.25, -0.2) is 4.39 Å². The summed E-state index contributed by atoms with van der Waals surface area (Å²) in [6, 6.07) is 12.2. The standard InChI is InChI=1S/C15H11BrFNO/c1-9(16)11-4-7-13-14(8-11)19-18-15(13)10-2-5-12(17)6-3-10/h2-9H,1H3/t9-/m0/s1. The van der Waals surface area contributed by atoms with Crippen LogP contribution in [0.15, 0.2) is 47.0 Å². The van der Waals surface area contributed by atoms with Crippen LogP contribution in [0.5, 0.6) is 0 Å². The zero-order chi connectivity index (χ0) is 13.4. The van der Waals surface area contributed by atoms with Crippen LogP contribution in [0.25, 0.3) is 22.2 Å². The zero-order valence-electron chi connectivity index (χ0n) is 10.2. The Kier molecular flexibility index (Phi) is 3.11. The molecule has 4 heteroatoms. The van der Waals surface area contributed by atoms with Gasteiger partial charge in [-0.2, -0.15) is 0 Å². The van der Waals surface area contributed by atoms with E-state index in [9.17, 15) is 4.39 Å². The highest BCUT2D eigenvalue weighted by Gasteiger charge is 2.12. The van der Waals surface area contributed by atoms with E-state index in [1.165, 1.54) is 12.1 Å². The van der Waals surface area contributed by atoms with Crippen molar-refractivity contribution in [2.45, 2.75) is 11.8 Å². The molecule has 96 valence electrons. The lowest BCUT2D eigenvalue weighted by Gasteiger charge is -2.02. The van der Waals surface area contributed by atoms with Crippen LogP contribution in [0.3, 0.4) is 0 Å². The highest BCUT2D eigenvalue weighted by atomic mass is 79.9. The van der Waals surface area contributed by atoms with Crippen LogP contribution in [0.4, 0.5) is 4.39 Å². The first-order valence-corrected chi connectivity index (χ1v) is 6.86. The molecule has 3 aromatic rings. The second-order valence-electron chi connectivity index (χ2n) is 4.41. The van der Waals surface area contributed by atoms with Gasteiger partial charge in [-0.15, -0.1) is 0 Å². The average Bonchev–Trinajstić information content (AvgIpc) is 2.82. The van der Waals surface area contributed by atoms with Crippen molar-refractivity contribution in [1.82, 2.24) is 5.16 Å². The minimum atomic E-state index is -0.257. The summed E-state index contributed by atoms with van der Waals surface area (Å²) >= 11 is 3.52. The van der Waals surface area contributed by atoms with Crippen molar-refractivity contribution in [1.29, 1.82) is 0 Å². The predicted octanol–water partition coefficient (Wildman–Crippen LogP) is 5.09. The normalized spacial score (nSPS) is 12.8. The van der Waals surface area contributed by atoms with Crippen LogP contribution in [0.2, 0.25) is 0 Å². The number of nitrogens with zero attached hydrogens (tertiary/aromatic N) is 1. The van der Waals surface area contributed by atoms with E-state index in [0.717, 1.165) is 27.8 Å². The van der Waals surface area contributed by atoms with Crippen molar-refractivity contribution < 1.29 is 8.91 Å². The van der Waals surface area contributed by atoms with Gasteiger partial charge in [-0.3, -0.25) is 0 Å². The third kappa shape index (κ3) is 2.28. The Morgan fingerprint density at radius 1 is 1.16 bits per heavy atom. The van der Waals surface area contributed by atoms with Crippen molar-refractivity contribution >= 4 is 26.9 Å². The Labute approximate surface area is 118 Å². The Morgan fingerprint density at radius 3 is 2.58 bits per heavy atom. The second kappa shape index (κ2) is 4.78. The van der Waals surface area contributed by atoms with Gasteiger partial charge in [0.25, 0.3) is 0 Å². The van der Waals surface area contributed by atoms with E-state index in [1.54, 1.807) is 12.1 Å². The van der Waals surface area contributed by atoms with E-state index in [1.807, 2.05) is 18.2 Å². The lowest BCUT2D eigenvalue weighted by atomic mass is 10.1. The quantitative estimate of drug-likeness (QED) is 0.615. The molecule has 0 spiro atoms. The third-order valence-electron chi connectivity index (χ3n) is 3.07. The molecule has 2 nitrogen and oxygen atoms in total. The monoisotopic (exact) mass is 319 g/mol. The van der Waals surface area contributed by atoms with Gasteiger partial charge in [0.05, 0.1) is 0 Å². The summed E-state index contributed by atoms with van der Waals surface area (Å²) in [5.41, 5.74) is 3.46. The van der Waals surface area contributed by atoms with Gasteiger partial charge in [0.1, 0.15) is 11.5 Å². The van der Waals surface area contributed by atoms with Crippen molar-refractivity contribution in [2.24, 2.45) is 0 Å². The summed E-state index contributed by atoms with van der Waals surface area (Å²) in [6.45, 7) is 2.05. The molecule has 0 fully saturated rings. The van der Waals surface area contributed by atoms with E-state index >= 15 is 0 Å². The van der Waals surface area contributed by atoms with Crippen LogP contribution < -0.4 is 0 Å². The molecule has 0 bridgehead atoms. The van der Waals surface area contributed by atoms with E-state index in [-0.39, 0.29) is 10.6 Å². The molecule has 3 rings (SSSR count). The maximum atomic E-state index is 12.9. The van der Waals surface area contributed by atoms with Gasteiger partial charge >= 0.3 is 0 Å². The Morgan fingerprint density at radius 2 is 1.89 bits per heavy atom. The van der Waals surface area contributed by atoms with Crippen LogP contribution in [0.1, 0.15) is 17.3 Å². The van der Waals surface area contributed by atoms with Gasteiger partial charge in [0.15, 0.2) is 5.58 Å². The molecular formula is C15H11BrFNO. The molecule has 1 heterocycles. The minimum Gasteiger partial charge on any atom is -0.356 e. The molecule has 0 aliphatic carbocycles. The number of fused-ring (bicyclic) bond motifs is 1. The SMILES string of the molecule is C[C@H](Br)c1ccc2c(-c3ccc(F)cc3)noc2c1. The number of alkyl halides is 1. The zero-order valence-corrected chi connectivity index (χ0v) is 11.8. The van der Waals surface area contributed by atoms with Crippen molar-refractivity contribution in [3.8, 4) is 11.3 Å². The van der Waals surface area contributed by atoms with Gasteiger partial charge in [-0.05, 0) is 48.9 Å². The van der Waals surface area contributed by atoms with Crippen molar-refractivity contribution in [2.75, 3.05) is 0 Å². The average molecular weight is 320 g/mol. The Hall–Kier alpha value is -1.68. The number of rotatable bonds is 2. The number of aromatic nitrogens is 1. The van der Waals surface area contributed by atoms with Gasteiger partial charge < -0.3 is 4.52 Å². The summed E-state index contributed by atoms with van der Waals surface area (Å²) in [5.74, 6) is -0.257. The molecule has 0 radical (unpaired) electrons. The molecule has 2 aromatic carbocycles. The van der Waals surface area contributed by atoms with Crippen LogP contribution in [0, 0.1) is 5.82 Å². The van der Waals surface area contributed by atoms with Crippen molar-refractivity contribution in [3.05, 3.63) is 53.8 Å². The van der Waals surface area contributed by atoms with E-state index in [2.05, 4.69) is 28.0 Å². The van der Waals surface area contributed by atoms with Gasteiger partial charge in [-0.1, -0.05) is 27.2 Å². The molecule has 0 N–H and O–H groups in total. The fourth-order valence-electron chi connectivity index (χ4n) is 2.02. The summed E-state index contributed by atoms with van der Waals surface area (Å²) in [7, 11) is 0. The smallest absolute Gasteiger partial charge is 0.167 e. The number of hydrogen-bond acceptors (Lipinski definition) is 2. The summed E-state index contributed by atoms with van der Waals surface area (Å²) < 4.78 is 18.3. The van der Waals surface area contributed by atoms with E-state index < -0.39 is 0 Å². The van der Waals surface area contributed by atoms with Crippen molar-refractivity contribution in [3.63, 3.8) is 0 Å². The number of halogens is 2. The summed E-state index contributed by atoms with van der Waals surface area (Å²) in [6.07, 6.45) is 0. The maximum Gasteiger partial charge on any atom is 0.167 e. The largest absolute Gasteiger partial charge is 0.356 e. The second-order valence-corrected chi connectivity index (χ2v) is 5.78. The molecule has 19 heavy (non-hydrogen) atoms. The molecule has 0 unspecified atom stereocenters. The molecule has 1 atom stereocenters. The Balaban J connectivity index is 2.13. The molecule has 0 saturated carbocycles. The first-order chi connectivity index (χ1) is 9.15. The molecule has 0 amide bonds. The first-order valence-electron chi connectivity index (χ1n) is 5.94. The highest BCUT2D eigenvalue weighted by molar-refractivity contribution is 9.09. The topological polar surface area (TPSA) is 26.0 Å². The fourth-order valence-corrected chi connectivity index (χ4v) is 2.30. The van der Waals surface area contributed by atoms with Gasteiger partial charge in [0, 0.05) is 15.8 Å². The first kappa shape index (κ1) is 12.4. The van der Waals surface area contributed by atoms with Crippen LogP contribution in [-0.4, -0.2) is 5.16 Å². The molecule has 0 saturated heterocycles. The van der Waals surface area contributed by atoms with Crippen LogP contribution >= 0.6 is 15.9 Å². The number of hydrogen-bond donors (Lipinski definition) is 0. The minimum absolute atomic E-state index is 0.257.